The summed E-state index contributed by atoms with van der Waals surface area (Å²) < 4.78 is 27.4. The van der Waals surface area contributed by atoms with Gasteiger partial charge in [0.1, 0.15) is 17.7 Å². The maximum atomic E-state index is 13.6. The highest BCUT2D eigenvalue weighted by molar-refractivity contribution is 9.10. The van der Waals surface area contributed by atoms with Crippen LogP contribution in [0, 0.1) is 11.6 Å². The molecule has 0 amide bonds. The van der Waals surface area contributed by atoms with E-state index in [1.54, 1.807) is 12.3 Å². The Morgan fingerprint density at radius 1 is 1.14 bits per heavy atom. The van der Waals surface area contributed by atoms with Crippen molar-refractivity contribution in [3.63, 3.8) is 0 Å². The maximum absolute atomic E-state index is 13.6. The lowest BCUT2D eigenvalue weighted by Gasteiger charge is -2.20. The number of halogens is 5. The first-order valence-electron chi connectivity index (χ1n) is 5.48. The van der Waals surface area contributed by atoms with Crippen LogP contribution in [0.1, 0.15) is 23.3 Å². The molecule has 0 aliphatic heterocycles. The first-order valence-corrected chi connectivity index (χ1v) is 6.27. The number of hydrogen-bond acceptors (Lipinski definition) is 3. The number of pyridine rings is 1. The first-order chi connectivity index (χ1) is 8.99. The molecule has 3 nitrogen and oxygen atoms in total. The number of aliphatic hydroxyl groups excluding tert-OH is 1. The fourth-order valence-electron chi connectivity index (χ4n) is 1.73. The van der Waals surface area contributed by atoms with Gasteiger partial charge in [0.15, 0.2) is 0 Å². The van der Waals surface area contributed by atoms with Gasteiger partial charge >= 0.3 is 0 Å². The fraction of sp³-hybridized carbons (Fsp3) is 0.154. The van der Waals surface area contributed by atoms with E-state index in [0.717, 1.165) is 18.2 Å². The molecule has 0 saturated heterocycles. The predicted octanol–water partition coefficient (Wildman–Crippen LogP) is 3.70. The van der Waals surface area contributed by atoms with Gasteiger partial charge in [-0.05, 0) is 45.8 Å². The van der Waals surface area contributed by atoms with Gasteiger partial charge in [-0.25, -0.2) is 8.78 Å². The molecule has 3 N–H and O–H groups in total. The van der Waals surface area contributed by atoms with E-state index in [-0.39, 0.29) is 30.4 Å². The number of aromatic nitrogens is 1. The smallest absolute Gasteiger partial charge is 0.129 e. The number of benzene rings is 1. The Hall–Kier alpha value is -0.790. The molecule has 0 spiro atoms. The first kappa shape index (κ1) is 20.2. The molecule has 116 valence electrons. The zero-order chi connectivity index (χ0) is 14.0. The molecule has 0 aliphatic carbocycles. The second-order valence-electron chi connectivity index (χ2n) is 4.07. The van der Waals surface area contributed by atoms with Crippen molar-refractivity contribution < 1.29 is 13.9 Å². The summed E-state index contributed by atoms with van der Waals surface area (Å²) in [5.74, 6) is -1.33. The van der Waals surface area contributed by atoms with Gasteiger partial charge in [-0.1, -0.05) is 0 Å². The zero-order valence-electron chi connectivity index (χ0n) is 10.5. The van der Waals surface area contributed by atoms with Crippen molar-refractivity contribution in [2.24, 2.45) is 5.73 Å². The summed E-state index contributed by atoms with van der Waals surface area (Å²) in [6.45, 7) is 0. The van der Waals surface area contributed by atoms with Gasteiger partial charge < -0.3 is 10.8 Å². The van der Waals surface area contributed by atoms with Crippen LogP contribution in [0.5, 0.6) is 0 Å². The van der Waals surface area contributed by atoms with Crippen molar-refractivity contribution in [2.75, 3.05) is 0 Å². The second-order valence-corrected chi connectivity index (χ2v) is 4.99. The van der Waals surface area contributed by atoms with Gasteiger partial charge in [0, 0.05) is 22.4 Å². The summed E-state index contributed by atoms with van der Waals surface area (Å²) in [5, 5.41) is 10.1. The third kappa shape index (κ3) is 4.86. The number of rotatable bonds is 3. The molecule has 0 saturated carbocycles. The molecular weight excluding hydrogens is 389 g/mol. The molecule has 1 aromatic carbocycles. The van der Waals surface area contributed by atoms with Gasteiger partial charge in [0.25, 0.3) is 0 Å². The summed E-state index contributed by atoms with van der Waals surface area (Å²) in [6.07, 6.45) is 1.67. The zero-order valence-corrected chi connectivity index (χ0v) is 13.8. The predicted molar refractivity (Wildman–Crippen MR) is 84.7 cm³/mol. The van der Waals surface area contributed by atoms with Gasteiger partial charge in [0.2, 0.25) is 0 Å². The minimum Gasteiger partial charge on any atom is -0.386 e. The molecule has 0 fully saturated rings. The van der Waals surface area contributed by atoms with Crippen molar-refractivity contribution in [3.8, 4) is 0 Å². The Bertz CT molecular complexity index is 604. The Morgan fingerprint density at radius 2 is 1.81 bits per heavy atom. The van der Waals surface area contributed by atoms with Crippen molar-refractivity contribution >= 4 is 40.7 Å². The molecule has 21 heavy (non-hydrogen) atoms. The highest BCUT2D eigenvalue weighted by Gasteiger charge is 2.22. The largest absolute Gasteiger partial charge is 0.386 e. The van der Waals surface area contributed by atoms with Crippen molar-refractivity contribution in [1.29, 1.82) is 0 Å². The summed E-state index contributed by atoms with van der Waals surface area (Å²) in [7, 11) is 0. The minimum atomic E-state index is -1.35. The van der Waals surface area contributed by atoms with Crippen LogP contribution < -0.4 is 5.73 Å². The van der Waals surface area contributed by atoms with Crippen LogP contribution in [0.2, 0.25) is 0 Å². The van der Waals surface area contributed by atoms with Crippen molar-refractivity contribution in [1.82, 2.24) is 4.98 Å². The minimum absolute atomic E-state index is 0. The van der Waals surface area contributed by atoms with Crippen LogP contribution in [0.25, 0.3) is 0 Å². The second kappa shape index (κ2) is 8.60. The topological polar surface area (TPSA) is 59.1 Å². The number of nitrogens with two attached hydrogens (primary N) is 1. The standard InChI is InChI=1S/C13H11BrF2N2O.2ClH/c14-8-3-7(5-18-6-8)12(17)13(19)10-4-9(15)1-2-11(10)16;;/h1-6,12-13,19H,17H2;2*1H/t12-,13-;;/m1../s1. The highest BCUT2D eigenvalue weighted by atomic mass is 79.9. The number of hydrogen-bond donors (Lipinski definition) is 2. The van der Waals surface area contributed by atoms with E-state index < -0.39 is 23.8 Å². The lowest BCUT2D eigenvalue weighted by molar-refractivity contribution is 0.142. The lowest BCUT2D eigenvalue weighted by atomic mass is 9.97. The summed E-state index contributed by atoms with van der Waals surface area (Å²) in [6, 6.07) is 3.64. The van der Waals surface area contributed by atoms with Crippen LogP contribution in [-0.4, -0.2) is 10.1 Å². The fourth-order valence-corrected chi connectivity index (χ4v) is 2.11. The Labute approximate surface area is 141 Å². The molecule has 2 atom stereocenters. The van der Waals surface area contributed by atoms with E-state index in [9.17, 15) is 13.9 Å². The molecule has 8 heteroatoms. The van der Waals surface area contributed by atoms with Crippen LogP contribution >= 0.6 is 40.7 Å². The molecule has 0 aliphatic rings. The third-order valence-corrected chi connectivity index (χ3v) is 3.16. The van der Waals surface area contributed by atoms with Crippen LogP contribution in [0.3, 0.4) is 0 Å². The number of aliphatic hydroxyl groups is 1. The quantitative estimate of drug-likeness (QED) is 0.824. The monoisotopic (exact) mass is 400 g/mol. The highest BCUT2D eigenvalue weighted by Crippen LogP contribution is 2.29. The normalized spacial score (nSPS) is 12.8. The van der Waals surface area contributed by atoms with Crippen LogP contribution in [-0.2, 0) is 0 Å². The molecule has 0 bridgehead atoms. The van der Waals surface area contributed by atoms with E-state index in [0.29, 0.717) is 10.0 Å². The van der Waals surface area contributed by atoms with Gasteiger partial charge in [-0.2, -0.15) is 0 Å². The summed E-state index contributed by atoms with van der Waals surface area (Å²) in [5.41, 5.74) is 6.20. The van der Waals surface area contributed by atoms with E-state index >= 15 is 0 Å². The van der Waals surface area contributed by atoms with E-state index in [2.05, 4.69) is 20.9 Å². The van der Waals surface area contributed by atoms with Gasteiger partial charge in [-0.3, -0.25) is 4.98 Å². The molecule has 1 heterocycles. The maximum Gasteiger partial charge on any atom is 0.129 e. The SMILES string of the molecule is Cl.Cl.N[C@H](c1cncc(Br)c1)[C@H](O)c1cc(F)ccc1F. The Balaban J connectivity index is 0.00000200. The third-order valence-electron chi connectivity index (χ3n) is 2.73. The van der Waals surface area contributed by atoms with E-state index in [1.165, 1.54) is 6.20 Å². The molecular formula is C13H13BrCl2F2N2O. The molecule has 2 rings (SSSR count). The average molecular weight is 402 g/mol. The van der Waals surface area contributed by atoms with Crippen molar-refractivity contribution in [3.05, 3.63) is 63.9 Å². The summed E-state index contributed by atoms with van der Waals surface area (Å²) in [4.78, 5) is 3.92. The lowest BCUT2D eigenvalue weighted by Crippen LogP contribution is -2.20. The van der Waals surface area contributed by atoms with Crippen molar-refractivity contribution in [2.45, 2.75) is 12.1 Å². The summed E-state index contributed by atoms with van der Waals surface area (Å²) >= 11 is 3.23. The molecule has 1 aromatic heterocycles. The molecule has 2 aromatic rings. The molecule has 0 radical (unpaired) electrons. The van der Waals surface area contributed by atoms with E-state index in [1.807, 2.05) is 0 Å². The van der Waals surface area contributed by atoms with E-state index in [4.69, 9.17) is 5.73 Å². The van der Waals surface area contributed by atoms with Gasteiger partial charge in [-0.15, -0.1) is 24.8 Å². The Kier molecular flexibility index (Phi) is 8.28. The average Bonchev–Trinajstić information content (AvgIpc) is 2.40. The van der Waals surface area contributed by atoms with Crippen LogP contribution in [0.15, 0.2) is 41.1 Å². The number of nitrogens with zero attached hydrogens (tertiary/aromatic N) is 1. The van der Waals surface area contributed by atoms with Crippen LogP contribution in [0.4, 0.5) is 8.78 Å². The molecule has 0 unspecified atom stereocenters. The Morgan fingerprint density at radius 3 is 2.43 bits per heavy atom. The van der Waals surface area contributed by atoms with Gasteiger partial charge in [0.05, 0.1) is 6.04 Å².